The van der Waals surface area contributed by atoms with Crippen LogP contribution in [-0.4, -0.2) is 56.2 Å². The molecule has 1 aromatic rings. The van der Waals surface area contributed by atoms with Crippen LogP contribution in [0.4, 0.5) is 0 Å². The number of thioether (sulfide) groups is 1. The Kier molecular flexibility index (Phi) is 4.39. The predicted octanol–water partition coefficient (Wildman–Crippen LogP) is 1.13. The van der Waals surface area contributed by atoms with E-state index in [9.17, 15) is 19.8 Å². The van der Waals surface area contributed by atoms with Crippen LogP contribution in [0.25, 0.3) is 0 Å². The van der Waals surface area contributed by atoms with Crippen molar-refractivity contribution < 1.29 is 24.9 Å². The molecule has 1 amide bonds. The number of rotatable bonds is 3. The number of phenols is 2. The van der Waals surface area contributed by atoms with Crippen molar-refractivity contribution in [1.29, 1.82) is 0 Å². The normalized spacial score (nSPS) is 18.8. The van der Waals surface area contributed by atoms with E-state index >= 15 is 0 Å². The van der Waals surface area contributed by atoms with E-state index in [0.29, 0.717) is 18.1 Å². The number of carboxylic acids is 1. The van der Waals surface area contributed by atoms with Crippen LogP contribution < -0.4 is 0 Å². The summed E-state index contributed by atoms with van der Waals surface area (Å²) in [5.41, 5.74) is -0.171. The second-order valence-electron chi connectivity index (χ2n) is 4.50. The van der Waals surface area contributed by atoms with Crippen LogP contribution >= 0.6 is 11.8 Å². The number of carboxylic acid groups (broad SMARTS) is 1. The van der Waals surface area contributed by atoms with E-state index in [2.05, 4.69) is 0 Å². The molecule has 2 rings (SSSR count). The Bertz CT molecular complexity index is 513. The zero-order valence-corrected chi connectivity index (χ0v) is 11.5. The van der Waals surface area contributed by atoms with Crippen LogP contribution in [0, 0.1) is 0 Å². The molecule has 20 heavy (non-hydrogen) atoms. The molecule has 1 fully saturated rings. The highest BCUT2D eigenvalue weighted by atomic mass is 32.2. The number of nitrogens with zero attached hydrogens (tertiary/aromatic N) is 1. The van der Waals surface area contributed by atoms with Crippen LogP contribution in [0.5, 0.6) is 11.5 Å². The van der Waals surface area contributed by atoms with Crippen molar-refractivity contribution >= 4 is 23.6 Å². The van der Waals surface area contributed by atoms with Gasteiger partial charge in [-0.2, -0.15) is 11.8 Å². The highest BCUT2D eigenvalue weighted by Gasteiger charge is 2.31. The summed E-state index contributed by atoms with van der Waals surface area (Å²) in [6, 6.07) is 3.63. The minimum atomic E-state index is -0.975. The smallest absolute Gasteiger partial charge is 0.305 e. The topological polar surface area (TPSA) is 98.1 Å². The SMILES string of the molecule is O=C(O)CC1CSCCN1C(=O)c1c(O)cccc1O. The zero-order chi connectivity index (χ0) is 14.7. The number of aliphatic carboxylic acids is 1. The van der Waals surface area contributed by atoms with Gasteiger partial charge in [0.05, 0.1) is 12.5 Å². The minimum absolute atomic E-state index is 0.146. The summed E-state index contributed by atoms with van der Waals surface area (Å²) in [5, 5.41) is 28.4. The first kappa shape index (κ1) is 14.5. The van der Waals surface area contributed by atoms with Crippen molar-refractivity contribution in [3.63, 3.8) is 0 Å². The second-order valence-corrected chi connectivity index (χ2v) is 5.65. The van der Waals surface area contributed by atoms with Crippen LogP contribution in [0.2, 0.25) is 0 Å². The third-order valence-corrected chi connectivity index (χ3v) is 4.22. The average molecular weight is 297 g/mol. The van der Waals surface area contributed by atoms with Crippen molar-refractivity contribution in [1.82, 2.24) is 4.90 Å². The van der Waals surface area contributed by atoms with Gasteiger partial charge >= 0.3 is 5.97 Å². The number of phenolic OH excluding ortho intramolecular Hbond substituents is 2. The number of benzene rings is 1. The van der Waals surface area contributed by atoms with Gasteiger partial charge in [-0.1, -0.05) is 6.07 Å². The molecule has 1 heterocycles. The molecular weight excluding hydrogens is 282 g/mol. The van der Waals surface area contributed by atoms with E-state index in [1.54, 1.807) is 11.8 Å². The first-order valence-corrected chi connectivity index (χ1v) is 7.27. The molecule has 0 bridgehead atoms. The number of hydrogen-bond donors (Lipinski definition) is 3. The van der Waals surface area contributed by atoms with E-state index in [1.165, 1.54) is 23.1 Å². The van der Waals surface area contributed by atoms with E-state index in [4.69, 9.17) is 5.11 Å². The van der Waals surface area contributed by atoms with Gasteiger partial charge in [0.25, 0.3) is 5.91 Å². The van der Waals surface area contributed by atoms with E-state index in [1.807, 2.05) is 0 Å². The summed E-state index contributed by atoms with van der Waals surface area (Å²) < 4.78 is 0. The fourth-order valence-electron chi connectivity index (χ4n) is 2.18. The van der Waals surface area contributed by atoms with Crippen molar-refractivity contribution in [2.75, 3.05) is 18.1 Å². The highest BCUT2D eigenvalue weighted by Crippen LogP contribution is 2.30. The third kappa shape index (κ3) is 2.98. The number of carbonyl (C=O) groups excluding carboxylic acids is 1. The van der Waals surface area contributed by atoms with E-state index < -0.39 is 17.9 Å². The van der Waals surface area contributed by atoms with Gasteiger partial charge in [0.1, 0.15) is 17.1 Å². The molecule has 0 spiro atoms. The van der Waals surface area contributed by atoms with Crippen LogP contribution in [0.15, 0.2) is 18.2 Å². The lowest BCUT2D eigenvalue weighted by Gasteiger charge is -2.34. The Labute approximate surface area is 120 Å². The van der Waals surface area contributed by atoms with Gasteiger partial charge in [-0.3, -0.25) is 9.59 Å². The quantitative estimate of drug-likeness (QED) is 0.773. The third-order valence-electron chi connectivity index (χ3n) is 3.13. The molecule has 6 nitrogen and oxygen atoms in total. The number of amides is 1. The van der Waals surface area contributed by atoms with Crippen molar-refractivity contribution in [3.05, 3.63) is 23.8 Å². The van der Waals surface area contributed by atoms with E-state index in [-0.39, 0.29) is 23.5 Å². The molecule has 1 saturated heterocycles. The lowest BCUT2D eigenvalue weighted by molar-refractivity contribution is -0.138. The number of hydrogen-bond acceptors (Lipinski definition) is 5. The first-order chi connectivity index (χ1) is 9.50. The van der Waals surface area contributed by atoms with Crippen molar-refractivity contribution in [2.24, 2.45) is 0 Å². The fraction of sp³-hybridized carbons (Fsp3) is 0.385. The average Bonchev–Trinajstić information content (AvgIpc) is 2.38. The van der Waals surface area contributed by atoms with Gasteiger partial charge in [-0.25, -0.2) is 0 Å². The summed E-state index contributed by atoms with van der Waals surface area (Å²) in [4.78, 5) is 24.7. The maximum atomic E-state index is 12.4. The van der Waals surface area contributed by atoms with Gasteiger partial charge in [0, 0.05) is 18.1 Å². The van der Waals surface area contributed by atoms with Gasteiger partial charge in [0.15, 0.2) is 0 Å². The molecule has 1 aliphatic rings. The number of aromatic hydroxyl groups is 2. The summed E-state index contributed by atoms with van der Waals surface area (Å²) in [6.07, 6.45) is -0.146. The Morgan fingerprint density at radius 3 is 2.55 bits per heavy atom. The molecule has 7 heteroatoms. The Morgan fingerprint density at radius 1 is 1.30 bits per heavy atom. The highest BCUT2D eigenvalue weighted by molar-refractivity contribution is 7.99. The first-order valence-electron chi connectivity index (χ1n) is 6.12. The molecule has 1 unspecified atom stereocenters. The van der Waals surface area contributed by atoms with Gasteiger partial charge in [-0.05, 0) is 12.1 Å². The summed E-state index contributed by atoms with van der Waals surface area (Å²) in [6.45, 7) is 0.398. The largest absolute Gasteiger partial charge is 0.507 e. The van der Waals surface area contributed by atoms with Crippen LogP contribution in [0.3, 0.4) is 0 Å². The lowest BCUT2D eigenvalue weighted by Crippen LogP contribution is -2.47. The van der Waals surface area contributed by atoms with E-state index in [0.717, 1.165) is 0 Å². The fourth-order valence-corrected chi connectivity index (χ4v) is 3.25. The molecular formula is C13H15NO5S. The van der Waals surface area contributed by atoms with Crippen LogP contribution in [-0.2, 0) is 4.79 Å². The van der Waals surface area contributed by atoms with Crippen molar-refractivity contribution in [2.45, 2.75) is 12.5 Å². The molecule has 1 atom stereocenters. The standard InChI is InChI=1S/C13H15NO5S/c15-9-2-1-3-10(16)12(9)13(19)14-4-5-20-7-8(14)6-11(17)18/h1-3,8,15-16H,4-7H2,(H,17,18). The molecule has 1 aliphatic heterocycles. The van der Waals surface area contributed by atoms with Crippen molar-refractivity contribution in [3.8, 4) is 11.5 Å². The molecule has 1 aromatic carbocycles. The van der Waals surface area contributed by atoms with Gasteiger partial charge in [0.2, 0.25) is 0 Å². The summed E-state index contributed by atoms with van der Waals surface area (Å²) in [5.74, 6) is -0.878. The summed E-state index contributed by atoms with van der Waals surface area (Å²) >= 11 is 1.59. The summed E-state index contributed by atoms with van der Waals surface area (Å²) in [7, 11) is 0. The predicted molar refractivity (Wildman–Crippen MR) is 74.2 cm³/mol. The molecule has 108 valence electrons. The molecule has 3 N–H and O–H groups in total. The monoisotopic (exact) mass is 297 g/mol. The van der Waals surface area contributed by atoms with Gasteiger partial charge in [-0.15, -0.1) is 0 Å². The Hall–Kier alpha value is -1.89. The Balaban J connectivity index is 2.28. The van der Waals surface area contributed by atoms with Gasteiger partial charge < -0.3 is 20.2 Å². The Morgan fingerprint density at radius 2 is 1.95 bits per heavy atom. The second kappa shape index (κ2) is 6.04. The maximum Gasteiger partial charge on any atom is 0.305 e. The lowest BCUT2D eigenvalue weighted by atomic mass is 10.1. The molecule has 0 saturated carbocycles. The number of carbonyl (C=O) groups is 2. The minimum Gasteiger partial charge on any atom is -0.507 e. The van der Waals surface area contributed by atoms with Crippen LogP contribution in [0.1, 0.15) is 16.8 Å². The zero-order valence-electron chi connectivity index (χ0n) is 10.7. The molecule has 0 aliphatic carbocycles. The molecule has 0 radical (unpaired) electrons. The maximum absolute atomic E-state index is 12.4. The molecule has 0 aromatic heterocycles.